The largest absolute Gasteiger partial charge is 0.489 e. The van der Waals surface area contributed by atoms with Crippen LogP contribution in [-0.2, 0) is 6.61 Å². The Bertz CT molecular complexity index is 664. The summed E-state index contributed by atoms with van der Waals surface area (Å²) in [7, 11) is 0. The van der Waals surface area contributed by atoms with Gasteiger partial charge in [-0.3, -0.25) is 4.79 Å². The number of ketones is 1. The van der Waals surface area contributed by atoms with Crippen molar-refractivity contribution in [3.63, 3.8) is 0 Å². The van der Waals surface area contributed by atoms with Crippen LogP contribution in [0.25, 0.3) is 0 Å². The molecule has 0 aliphatic carbocycles. The minimum Gasteiger partial charge on any atom is -0.489 e. The maximum Gasteiger partial charge on any atom is 0.172 e. The van der Waals surface area contributed by atoms with E-state index < -0.39 is 0 Å². The monoisotopic (exact) mass is 328 g/mol. The zero-order valence-electron chi connectivity index (χ0n) is 14.1. The highest BCUT2D eigenvalue weighted by Crippen LogP contribution is 2.22. The van der Waals surface area contributed by atoms with Gasteiger partial charge in [0.2, 0.25) is 0 Å². The van der Waals surface area contributed by atoms with E-state index in [0.29, 0.717) is 12.4 Å². The van der Waals surface area contributed by atoms with Gasteiger partial charge < -0.3 is 4.74 Å². The van der Waals surface area contributed by atoms with Gasteiger partial charge in [0.05, 0.1) is 5.75 Å². The third-order valence-electron chi connectivity index (χ3n) is 3.72. The first-order valence-corrected chi connectivity index (χ1v) is 9.16. The Kier molecular flexibility index (Phi) is 6.72. The first kappa shape index (κ1) is 17.6. The number of hydrogen-bond donors (Lipinski definition) is 0. The second-order valence-corrected chi connectivity index (χ2v) is 6.78. The summed E-state index contributed by atoms with van der Waals surface area (Å²) >= 11 is 1.69. The summed E-state index contributed by atoms with van der Waals surface area (Å²) in [6, 6.07) is 13.9. The summed E-state index contributed by atoms with van der Waals surface area (Å²) < 4.78 is 5.92. The smallest absolute Gasteiger partial charge is 0.172 e. The molecule has 2 aromatic rings. The van der Waals surface area contributed by atoms with E-state index in [9.17, 15) is 4.79 Å². The van der Waals surface area contributed by atoms with Crippen LogP contribution in [0, 0.1) is 13.8 Å². The average molecular weight is 328 g/mol. The highest BCUT2D eigenvalue weighted by molar-refractivity contribution is 7.99. The second-order valence-electron chi connectivity index (χ2n) is 5.67. The minimum absolute atomic E-state index is 0.192. The predicted molar refractivity (Wildman–Crippen MR) is 98.6 cm³/mol. The molecule has 0 aromatic heterocycles. The van der Waals surface area contributed by atoms with Crippen molar-refractivity contribution in [3.8, 4) is 5.75 Å². The highest BCUT2D eigenvalue weighted by Gasteiger charge is 2.09. The summed E-state index contributed by atoms with van der Waals surface area (Å²) in [4.78, 5) is 12.1. The molecule has 0 unspecified atom stereocenters. The van der Waals surface area contributed by atoms with E-state index in [1.54, 1.807) is 11.8 Å². The Balaban J connectivity index is 1.99. The van der Waals surface area contributed by atoms with Crippen molar-refractivity contribution < 1.29 is 9.53 Å². The number of rotatable bonds is 8. The lowest BCUT2D eigenvalue weighted by atomic mass is 10.1. The molecule has 0 aliphatic heterocycles. The van der Waals surface area contributed by atoms with Crippen molar-refractivity contribution in [2.45, 2.75) is 33.8 Å². The molecular weight excluding hydrogens is 304 g/mol. The molecule has 0 saturated heterocycles. The molecule has 0 aliphatic rings. The van der Waals surface area contributed by atoms with Crippen molar-refractivity contribution in [1.82, 2.24) is 0 Å². The lowest BCUT2D eigenvalue weighted by Crippen LogP contribution is -2.04. The summed E-state index contributed by atoms with van der Waals surface area (Å²) in [5.74, 6) is 2.61. The van der Waals surface area contributed by atoms with Gasteiger partial charge in [0.25, 0.3) is 0 Å². The summed E-state index contributed by atoms with van der Waals surface area (Å²) in [5.41, 5.74) is 4.19. The lowest BCUT2D eigenvalue weighted by molar-refractivity contribution is 0.102. The molecule has 0 fully saturated rings. The molecule has 2 nitrogen and oxygen atoms in total. The van der Waals surface area contributed by atoms with E-state index in [1.807, 2.05) is 37.3 Å². The summed E-state index contributed by atoms with van der Waals surface area (Å²) in [6.07, 6.45) is 1.10. The second kappa shape index (κ2) is 8.78. The van der Waals surface area contributed by atoms with Crippen LogP contribution >= 0.6 is 11.8 Å². The third-order valence-corrected chi connectivity index (χ3v) is 4.89. The standard InChI is InChI=1S/C20H24O2S/c1-4-11-23-14-19(21)17-9-10-20(16(3)12-17)22-13-18-8-6-5-7-15(18)2/h5-10,12H,4,11,13-14H2,1-3H3. The van der Waals surface area contributed by atoms with Gasteiger partial charge in [0.15, 0.2) is 5.78 Å². The molecule has 122 valence electrons. The Morgan fingerprint density at radius 2 is 1.87 bits per heavy atom. The van der Waals surface area contributed by atoms with E-state index in [0.717, 1.165) is 29.1 Å². The molecule has 0 atom stereocenters. The van der Waals surface area contributed by atoms with Crippen molar-refractivity contribution in [2.75, 3.05) is 11.5 Å². The lowest BCUT2D eigenvalue weighted by Gasteiger charge is -2.12. The molecule has 0 radical (unpaired) electrons. The normalized spacial score (nSPS) is 10.6. The molecule has 2 aromatic carbocycles. The molecule has 0 N–H and O–H groups in total. The first-order chi connectivity index (χ1) is 11.1. The fourth-order valence-electron chi connectivity index (χ4n) is 2.30. The van der Waals surface area contributed by atoms with E-state index in [1.165, 1.54) is 11.1 Å². The number of thioether (sulfide) groups is 1. The molecule has 0 bridgehead atoms. The van der Waals surface area contributed by atoms with Gasteiger partial charge in [-0.25, -0.2) is 0 Å². The Hall–Kier alpha value is -1.74. The summed E-state index contributed by atoms with van der Waals surface area (Å²) in [5, 5.41) is 0. The third kappa shape index (κ3) is 5.14. The van der Waals surface area contributed by atoms with Gasteiger partial charge in [-0.1, -0.05) is 31.2 Å². The number of carbonyl (C=O) groups excluding carboxylic acids is 1. The summed E-state index contributed by atoms with van der Waals surface area (Å²) in [6.45, 7) is 6.75. The maximum atomic E-state index is 12.1. The van der Waals surface area contributed by atoms with E-state index in [-0.39, 0.29) is 5.78 Å². The van der Waals surface area contributed by atoms with Crippen LogP contribution in [0.4, 0.5) is 0 Å². The Morgan fingerprint density at radius 3 is 2.57 bits per heavy atom. The average Bonchev–Trinajstić information content (AvgIpc) is 2.55. The van der Waals surface area contributed by atoms with Crippen molar-refractivity contribution in [1.29, 1.82) is 0 Å². The number of benzene rings is 2. The van der Waals surface area contributed by atoms with Crippen LogP contribution in [-0.4, -0.2) is 17.3 Å². The van der Waals surface area contributed by atoms with Gasteiger partial charge in [-0.05, 0) is 60.9 Å². The molecule has 0 amide bonds. The van der Waals surface area contributed by atoms with Crippen molar-refractivity contribution in [2.24, 2.45) is 0 Å². The minimum atomic E-state index is 0.192. The topological polar surface area (TPSA) is 26.3 Å². The Labute approximate surface area is 143 Å². The van der Waals surface area contributed by atoms with E-state index in [2.05, 4.69) is 26.0 Å². The van der Waals surface area contributed by atoms with Gasteiger partial charge in [-0.15, -0.1) is 0 Å². The zero-order valence-corrected chi connectivity index (χ0v) is 14.9. The number of Topliss-reactive ketones (excluding diaryl/α,β-unsaturated/α-hetero) is 1. The highest BCUT2D eigenvalue weighted by atomic mass is 32.2. The number of hydrogen-bond acceptors (Lipinski definition) is 3. The maximum absolute atomic E-state index is 12.1. The van der Waals surface area contributed by atoms with Crippen LogP contribution in [0.2, 0.25) is 0 Å². The first-order valence-electron chi connectivity index (χ1n) is 8.00. The molecular formula is C20H24O2S. The quantitative estimate of drug-likeness (QED) is 0.491. The molecule has 0 spiro atoms. The fraction of sp³-hybridized carbons (Fsp3) is 0.350. The van der Waals surface area contributed by atoms with Crippen LogP contribution in [0.5, 0.6) is 5.75 Å². The van der Waals surface area contributed by atoms with Crippen molar-refractivity contribution in [3.05, 3.63) is 64.7 Å². The Morgan fingerprint density at radius 1 is 1.09 bits per heavy atom. The predicted octanol–water partition coefficient (Wildman–Crippen LogP) is 5.21. The van der Waals surface area contributed by atoms with Gasteiger partial charge >= 0.3 is 0 Å². The van der Waals surface area contributed by atoms with E-state index >= 15 is 0 Å². The van der Waals surface area contributed by atoms with E-state index in [4.69, 9.17) is 4.74 Å². The SMILES string of the molecule is CCCSCC(=O)c1ccc(OCc2ccccc2C)c(C)c1. The van der Waals surface area contributed by atoms with Crippen molar-refractivity contribution >= 4 is 17.5 Å². The van der Waals surface area contributed by atoms with Crippen LogP contribution in [0.3, 0.4) is 0 Å². The van der Waals surface area contributed by atoms with Crippen LogP contribution in [0.1, 0.15) is 40.4 Å². The number of aryl methyl sites for hydroxylation is 2. The van der Waals surface area contributed by atoms with Gasteiger partial charge in [0.1, 0.15) is 12.4 Å². The molecule has 0 heterocycles. The van der Waals surface area contributed by atoms with Crippen LogP contribution < -0.4 is 4.74 Å². The zero-order chi connectivity index (χ0) is 16.7. The van der Waals surface area contributed by atoms with Crippen LogP contribution in [0.15, 0.2) is 42.5 Å². The number of ether oxygens (including phenoxy) is 1. The molecule has 0 saturated carbocycles. The molecule has 23 heavy (non-hydrogen) atoms. The van der Waals surface area contributed by atoms with Gasteiger partial charge in [-0.2, -0.15) is 11.8 Å². The molecule has 2 rings (SSSR count). The fourth-order valence-corrected chi connectivity index (χ4v) is 3.09. The number of carbonyl (C=O) groups is 1. The van der Waals surface area contributed by atoms with Gasteiger partial charge in [0, 0.05) is 5.56 Å². The molecule has 3 heteroatoms.